The zero-order valence-corrected chi connectivity index (χ0v) is 17.4. The molecule has 0 saturated heterocycles. The van der Waals surface area contributed by atoms with Crippen molar-refractivity contribution in [3.63, 3.8) is 0 Å². The number of para-hydroxylation sites is 1. The van der Waals surface area contributed by atoms with Crippen molar-refractivity contribution in [3.8, 4) is 5.69 Å². The van der Waals surface area contributed by atoms with Crippen LogP contribution >= 0.6 is 11.8 Å². The Morgan fingerprint density at radius 3 is 2.43 bits per heavy atom. The lowest BCUT2D eigenvalue weighted by Gasteiger charge is -2.10. The molecule has 7 nitrogen and oxygen atoms in total. The van der Waals surface area contributed by atoms with Crippen LogP contribution in [0.4, 0.5) is 4.79 Å². The van der Waals surface area contributed by atoms with E-state index in [1.54, 1.807) is 6.92 Å². The summed E-state index contributed by atoms with van der Waals surface area (Å²) in [6.45, 7) is 2.10. The predicted octanol–water partition coefficient (Wildman–Crippen LogP) is 3.65. The summed E-state index contributed by atoms with van der Waals surface area (Å²) in [7, 11) is 0. The van der Waals surface area contributed by atoms with E-state index in [-0.39, 0.29) is 5.91 Å². The van der Waals surface area contributed by atoms with Gasteiger partial charge in [-0.3, -0.25) is 10.1 Å². The maximum absolute atomic E-state index is 12.4. The standard InChI is InChI=1S/C22H23N5O2S/c1-15(20(28)25-21(29)23-14-16-8-4-2-5-9-16)30-22-24-19(17-12-13-17)27(26-22)18-10-6-3-7-11-18/h2-11,15,17H,12-14H2,1H3,(H2,23,25,28,29). The van der Waals surface area contributed by atoms with Crippen molar-refractivity contribution in [3.05, 3.63) is 72.1 Å². The summed E-state index contributed by atoms with van der Waals surface area (Å²) in [6, 6.07) is 18.9. The number of thioether (sulfide) groups is 1. The molecular weight excluding hydrogens is 398 g/mol. The third-order valence-electron chi connectivity index (χ3n) is 4.74. The van der Waals surface area contributed by atoms with Gasteiger partial charge in [-0.05, 0) is 37.5 Å². The van der Waals surface area contributed by atoms with Gasteiger partial charge < -0.3 is 5.32 Å². The number of aromatic nitrogens is 3. The van der Waals surface area contributed by atoms with Crippen molar-refractivity contribution in [1.82, 2.24) is 25.4 Å². The summed E-state index contributed by atoms with van der Waals surface area (Å²) in [4.78, 5) is 29.1. The fraction of sp³-hybridized carbons (Fsp3) is 0.273. The molecule has 1 aliphatic carbocycles. The zero-order chi connectivity index (χ0) is 20.9. The molecule has 154 valence electrons. The Balaban J connectivity index is 1.35. The van der Waals surface area contributed by atoms with Crippen LogP contribution in [-0.4, -0.2) is 32.0 Å². The second kappa shape index (κ2) is 9.13. The summed E-state index contributed by atoms with van der Waals surface area (Å²) < 4.78 is 1.86. The molecule has 1 aliphatic rings. The Morgan fingerprint density at radius 2 is 1.77 bits per heavy atom. The molecule has 1 fully saturated rings. The second-order valence-corrected chi connectivity index (χ2v) is 8.50. The minimum atomic E-state index is -0.516. The van der Waals surface area contributed by atoms with Crippen LogP contribution in [-0.2, 0) is 11.3 Å². The number of hydrogen-bond acceptors (Lipinski definition) is 5. The number of benzene rings is 2. The molecular formula is C22H23N5O2S. The molecule has 3 amide bonds. The van der Waals surface area contributed by atoms with Crippen molar-refractivity contribution < 1.29 is 9.59 Å². The van der Waals surface area contributed by atoms with Crippen molar-refractivity contribution >= 4 is 23.7 Å². The quantitative estimate of drug-likeness (QED) is 0.569. The van der Waals surface area contributed by atoms with E-state index in [2.05, 4.69) is 20.7 Å². The van der Waals surface area contributed by atoms with E-state index in [9.17, 15) is 9.59 Å². The third kappa shape index (κ3) is 5.07. The Morgan fingerprint density at radius 1 is 1.10 bits per heavy atom. The lowest BCUT2D eigenvalue weighted by molar-refractivity contribution is -0.119. The number of imide groups is 1. The number of nitrogens with one attached hydrogen (secondary N) is 2. The molecule has 0 radical (unpaired) electrons. The average Bonchev–Trinajstić information content (AvgIpc) is 3.53. The first-order valence-corrected chi connectivity index (χ1v) is 10.8. The van der Waals surface area contributed by atoms with Crippen LogP contribution < -0.4 is 10.6 Å². The molecule has 1 atom stereocenters. The average molecular weight is 422 g/mol. The monoisotopic (exact) mass is 421 g/mol. The topological polar surface area (TPSA) is 88.9 Å². The summed E-state index contributed by atoms with van der Waals surface area (Å²) in [5, 5.41) is 9.71. The Hall–Kier alpha value is -3.13. The van der Waals surface area contributed by atoms with Crippen LogP contribution in [0.25, 0.3) is 5.69 Å². The third-order valence-corrected chi connectivity index (χ3v) is 5.69. The van der Waals surface area contributed by atoms with Crippen molar-refractivity contribution in [2.45, 2.75) is 42.6 Å². The highest BCUT2D eigenvalue weighted by Crippen LogP contribution is 2.40. The van der Waals surface area contributed by atoms with E-state index in [1.165, 1.54) is 11.8 Å². The first-order chi connectivity index (χ1) is 14.6. The molecule has 1 saturated carbocycles. The summed E-state index contributed by atoms with van der Waals surface area (Å²) in [5.41, 5.74) is 1.92. The largest absolute Gasteiger partial charge is 0.334 e. The molecule has 4 rings (SSSR count). The SMILES string of the molecule is CC(Sc1nc(C2CC2)n(-c2ccccc2)n1)C(=O)NC(=O)NCc1ccccc1. The first kappa shape index (κ1) is 20.2. The van der Waals surface area contributed by atoms with Gasteiger partial charge in [-0.25, -0.2) is 14.5 Å². The molecule has 1 heterocycles. The lowest BCUT2D eigenvalue weighted by Crippen LogP contribution is -2.42. The van der Waals surface area contributed by atoms with Gasteiger partial charge in [0.25, 0.3) is 0 Å². The van der Waals surface area contributed by atoms with Crippen molar-refractivity contribution in [2.75, 3.05) is 0 Å². The first-order valence-electron chi connectivity index (χ1n) is 9.92. The molecule has 3 aromatic rings. The minimum absolute atomic E-state index is 0.356. The summed E-state index contributed by atoms with van der Waals surface area (Å²) >= 11 is 1.25. The minimum Gasteiger partial charge on any atom is -0.334 e. The second-order valence-electron chi connectivity index (χ2n) is 7.19. The lowest BCUT2D eigenvalue weighted by atomic mass is 10.2. The Labute approximate surface area is 179 Å². The van der Waals surface area contributed by atoms with Gasteiger partial charge in [-0.2, -0.15) is 0 Å². The van der Waals surface area contributed by atoms with Crippen LogP contribution in [0.5, 0.6) is 0 Å². The normalized spacial score (nSPS) is 14.2. The molecule has 2 N–H and O–H groups in total. The smallest absolute Gasteiger partial charge is 0.321 e. The maximum Gasteiger partial charge on any atom is 0.321 e. The fourth-order valence-corrected chi connectivity index (χ4v) is 3.72. The van der Waals surface area contributed by atoms with Crippen LogP contribution in [0.15, 0.2) is 65.8 Å². The Bertz CT molecular complexity index is 1020. The number of nitrogens with zero attached hydrogens (tertiary/aromatic N) is 3. The highest BCUT2D eigenvalue weighted by Gasteiger charge is 2.31. The summed E-state index contributed by atoms with van der Waals surface area (Å²) in [6.07, 6.45) is 2.21. The maximum atomic E-state index is 12.4. The van der Waals surface area contributed by atoms with Crippen LogP contribution in [0.3, 0.4) is 0 Å². The highest BCUT2D eigenvalue weighted by atomic mass is 32.2. The number of carbonyl (C=O) groups is 2. The highest BCUT2D eigenvalue weighted by molar-refractivity contribution is 8.00. The van der Waals surface area contributed by atoms with E-state index in [0.717, 1.165) is 29.9 Å². The van der Waals surface area contributed by atoms with Crippen molar-refractivity contribution in [2.24, 2.45) is 0 Å². The molecule has 8 heteroatoms. The van der Waals surface area contributed by atoms with Gasteiger partial charge in [-0.15, -0.1) is 5.10 Å². The van der Waals surface area contributed by atoms with E-state index < -0.39 is 11.3 Å². The van der Waals surface area contributed by atoms with Crippen LogP contribution in [0.1, 0.15) is 37.1 Å². The Kier molecular flexibility index (Phi) is 6.13. The van der Waals surface area contributed by atoms with Gasteiger partial charge in [0.1, 0.15) is 5.82 Å². The zero-order valence-electron chi connectivity index (χ0n) is 16.6. The predicted molar refractivity (Wildman–Crippen MR) is 115 cm³/mol. The molecule has 0 bridgehead atoms. The van der Waals surface area contributed by atoms with E-state index in [0.29, 0.717) is 17.6 Å². The van der Waals surface area contributed by atoms with Gasteiger partial charge >= 0.3 is 6.03 Å². The fourth-order valence-electron chi connectivity index (χ4n) is 2.97. The molecule has 2 aromatic carbocycles. The number of urea groups is 1. The van der Waals surface area contributed by atoms with Gasteiger partial charge in [-0.1, -0.05) is 60.3 Å². The van der Waals surface area contributed by atoms with Crippen LogP contribution in [0.2, 0.25) is 0 Å². The van der Waals surface area contributed by atoms with Crippen molar-refractivity contribution in [1.29, 1.82) is 0 Å². The van der Waals surface area contributed by atoms with E-state index in [1.807, 2.05) is 65.3 Å². The van der Waals surface area contributed by atoms with Gasteiger partial charge in [0.15, 0.2) is 0 Å². The number of rotatable bonds is 7. The van der Waals surface area contributed by atoms with Gasteiger partial charge in [0.05, 0.1) is 10.9 Å². The van der Waals surface area contributed by atoms with E-state index in [4.69, 9.17) is 0 Å². The van der Waals surface area contributed by atoms with E-state index >= 15 is 0 Å². The molecule has 0 spiro atoms. The number of carbonyl (C=O) groups excluding carboxylic acids is 2. The molecule has 0 aliphatic heterocycles. The summed E-state index contributed by atoms with van der Waals surface area (Å²) in [5.74, 6) is 0.964. The van der Waals surface area contributed by atoms with Gasteiger partial charge in [0, 0.05) is 12.5 Å². The van der Waals surface area contributed by atoms with Gasteiger partial charge in [0.2, 0.25) is 11.1 Å². The number of amides is 3. The van der Waals surface area contributed by atoms with Crippen LogP contribution in [0, 0.1) is 0 Å². The molecule has 1 unspecified atom stereocenters. The number of hydrogen-bond donors (Lipinski definition) is 2. The molecule has 30 heavy (non-hydrogen) atoms. The molecule has 1 aromatic heterocycles.